The maximum atomic E-state index is 5.98. The molecule has 0 radical (unpaired) electrons. The Balaban J connectivity index is 1.83. The minimum absolute atomic E-state index is 0.456. The molecule has 2 aromatic carbocycles. The Hall–Kier alpha value is -2.04. The first-order valence-corrected chi connectivity index (χ1v) is 7.66. The first kappa shape index (κ1) is 13.9. The number of nitrogens with two attached hydrogens (primary N) is 1. The summed E-state index contributed by atoms with van der Waals surface area (Å²) in [6, 6.07) is 15.4. The summed E-state index contributed by atoms with van der Waals surface area (Å²) < 4.78 is 5.91. The number of nitrogen functional groups attached to an aromatic ring is 1. The van der Waals surface area contributed by atoms with Gasteiger partial charge in [0.1, 0.15) is 12.4 Å². The van der Waals surface area contributed by atoms with Gasteiger partial charge in [0, 0.05) is 16.0 Å². The summed E-state index contributed by atoms with van der Waals surface area (Å²) in [5, 5.41) is 3.18. The summed E-state index contributed by atoms with van der Waals surface area (Å²) in [5.41, 5.74) is 8.49. The maximum absolute atomic E-state index is 5.98. The van der Waals surface area contributed by atoms with Gasteiger partial charge < -0.3 is 10.5 Å². The molecule has 3 nitrogen and oxygen atoms in total. The van der Waals surface area contributed by atoms with E-state index in [-0.39, 0.29) is 0 Å². The molecule has 0 saturated carbocycles. The topological polar surface area (TPSA) is 48.1 Å². The summed E-state index contributed by atoms with van der Waals surface area (Å²) in [7, 11) is 0. The lowest BCUT2D eigenvalue weighted by Crippen LogP contribution is -1.97. The number of nitrogens with zero attached hydrogens (tertiary/aromatic N) is 1. The van der Waals surface area contributed by atoms with Crippen LogP contribution in [0.25, 0.3) is 11.3 Å². The number of aromatic nitrogens is 1. The molecule has 2 N–H and O–H groups in total. The molecule has 0 saturated heterocycles. The van der Waals surface area contributed by atoms with Crippen LogP contribution in [0.3, 0.4) is 0 Å². The van der Waals surface area contributed by atoms with Crippen molar-refractivity contribution in [1.82, 2.24) is 4.98 Å². The van der Waals surface area contributed by atoms with E-state index in [1.54, 1.807) is 0 Å². The van der Waals surface area contributed by atoms with Crippen molar-refractivity contribution in [3.63, 3.8) is 0 Å². The molecule has 106 valence electrons. The van der Waals surface area contributed by atoms with Gasteiger partial charge in [0.25, 0.3) is 0 Å². The van der Waals surface area contributed by atoms with Crippen LogP contribution < -0.4 is 10.5 Å². The van der Waals surface area contributed by atoms with Gasteiger partial charge in [-0.25, -0.2) is 4.98 Å². The quantitative estimate of drug-likeness (QED) is 0.763. The van der Waals surface area contributed by atoms with Crippen LogP contribution in [0.15, 0.2) is 53.9 Å². The van der Waals surface area contributed by atoms with Gasteiger partial charge in [-0.05, 0) is 29.8 Å². The summed E-state index contributed by atoms with van der Waals surface area (Å²) in [6.07, 6.45) is 0. The molecule has 3 rings (SSSR count). The van der Waals surface area contributed by atoms with Crippen molar-refractivity contribution in [3.05, 3.63) is 64.5 Å². The molecule has 0 aliphatic heterocycles. The van der Waals surface area contributed by atoms with E-state index in [2.05, 4.69) is 4.98 Å². The van der Waals surface area contributed by atoms with Crippen LogP contribution in [0.5, 0.6) is 5.75 Å². The molecule has 0 aliphatic rings. The zero-order valence-corrected chi connectivity index (χ0v) is 12.7. The van der Waals surface area contributed by atoms with Crippen LogP contribution in [0.2, 0.25) is 5.02 Å². The molecule has 0 fully saturated rings. The zero-order chi connectivity index (χ0) is 14.7. The van der Waals surface area contributed by atoms with Gasteiger partial charge >= 0.3 is 0 Å². The van der Waals surface area contributed by atoms with E-state index >= 15 is 0 Å². The predicted octanol–water partition coefficient (Wildman–Crippen LogP) is 4.62. The Labute approximate surface area is 132 Å². The fourth-order valence-electron chi connectivity index (χ4n) is 2.00. The van der Waals surface area contributed by atoms with E-state index in [4.69, 9.17) is 22.1 Å². The second-order valence-electron chi connectivity index (χ2n) is 4.49. The Morgan fingerprint density at radius 1 is 1.14 bits per heavy atom. The second-order valence-corrected chi connectivity index (χ2v) is 5.81. The third kappa shape index (κ3) is 3.35. The first-order chi connectivity index (χ1) is 10.2. The number of hydrogen-bond acceptors (Lipinski definition) is 4. The van der Waals surface area contributed by atoms with Crippen LogP contribution in [-0.2, 0) is 6.61 Å². The minimum atomic E-state index is 0.456. The van der Waals surface area contributed by atoms with Gasteiger partial charge in [-0.2, -0.15) is 0 Å². The largest absolute Gasteiger partial charge is 0.488 e. The van der Waals surface area contributed by atoms with Crippen molar-refractivity contribution in [1.29, 1.82) is 0 Å². The van der Waals surface area contributed by atoms with E-state index in [1.165, 1.54) is 11.3 Å². The summed E-state index contributed by atoms with van der Waals surface area (Å²) in [4.78, 5) is 4.31. The van der Waals surface area contributed by atoms with Crippen molar-refractivity contribution in [3.8, 4) is 17.0 Å². The smallest absolute Gasteiger partial charge is 0.180 e. The molecule has 1 aromatic heterocycles. The molecule has 3 aromatic rings. The molecule has 1 heterocycles. The van der Waals surface area contributed by atoms with Gasteiger partial charge in [0.05, 0.1) is 5.69 Å². The van der Waals surface area contributed by atoms with Gasteiger partial charge in [-0.1, -0.05) is 35.9 Å². The molecule has 0 atom stereocenters. The van der Waals surface area contributed by atoms with Crippen LogP contribution in [-0.4, -0.2) is 4.98 Å². The summed E-state index contributed by atoms with van der Waals surface area (Å²) in [5.74, 6) is 0.780. The van der Waals surface area contributed by atoms with Crippen molar-refractivity contribution in [2.24, 2.45) is 0 Å². The third-order valence-electron chi connectivity index (χ3n) is 2.97. The Kier molecular flexibility index (Phi) is 4.08. The van der Waals surface area contributed by atoms with Crippen LogP contribution >= 0.6 is 22.9 Å². The van der Waals surface area contributed by atoms with E-state index in [1.807, 2.05) is 53.9 Å². The van der Waals surface area contributed by atoms with Crippen LogP contribution in [0.4, 0.5) is 5.13 Å². The number of rotatable bonds is 4. The van der Waals surface area contributed by atoms with E-state index in [0.717, 1.165) is 22.6 Å². The molecule has 5 heteroatoms. The normalized spacial score (nSPS) is 10.5. The summed E-state index contributed by atoms with van der Waals surface area (Å²) >= 11 is 7.40. The Morgan fingerprint density at radius 3 is 2.76 bits per heavy atom. The highest BCUT2D eigenvalue weighted by Gasteiger charge is 2.09. The number of halogens is 1. The zero-order valence-electron chi connectivity index (χ0n) is 11.1. The van der Waals surface area contributed by atoms with E-state index in [0.29, 0.717) is 16.8 Å². The predicted molar refractivity (Wildman–Crippen MR) is 87.7 cm³/mol. The average Bonchev–Trinajstić information content (AvgIpc) is 2.92. The second kappa shape index (κ2) is 6.16. The lowest BCUT2D eigenvalue weighted by atomic mass is 10.1. The fourth-order valence-corrected chi connectivity index (χ4v) is 2.78. The van der Waals surface area contributed by atoms with E-state index < -0.39 is 0 Å². The summed E-state index contributed by atoms with van der Waals surface area (Å²) in [6.45, 7) is 0.456. The molecule has 0 amide bonds. The third-order valence-corrected chi connectivity index (χ3v) is 3.88. The van der Waals surface area contributed by atoms with Crippen LogP contribution in [0, 0.1) is 0 Å². The number of ether oxygens (including phenoxy) is 1. The van der Waals surface area contributed by atoms with Crippen molar-refractivity contribution >= 4 is 28.1 Å². The molecule has 0 bridgehead atoms. The SMILES string of the molecule is Nc1nc(-c2ccccc2OCc2cccc(Cl)c2)cs1. The number of anilines is 1. The van der Waals surface area contributed by atoms with Crippen LogP contribution in [0.1, 0.15) is 5.56 Å². The van der Waals surface area contributed by atoms with Gasteiger partial charge in [-0.15, -0.1) is 11.3 Å². The molecular formula is C16H13ClN2OS. The van der Waals surface area contributed by atoms with Gasteiger partial charge in [-0.3, -0.25) is 0 Å². The number of benzene rings is 2. The van der Waals surface area contributed by atoms with E-state index in [9.17, 15) is 0 Å². The molecule has 0 spiro atoms. The molecule has 21 heavy (non-hydrogen) atoms. The lowest BCUT2D eigenvalue weighted by Gasteiger charge is -2.10. The average molecular weight is 317 g/mol. The van der Waals surface area contributed by atoms with Crippen molar-refractivity contribution in [2.75, 3.05) is 5.73 Å². The monoisotopic (exact) mass is 316 g/mol. The first-order valence-electron chi connectivity index (χ1n) is 6.40. The standard InChI is InChI=1S/C16H13ClN2OS/c17-12-5-3-4-11(8-12)9-20-15-7-2-1-6-13(15)14-10-21-16(18)19-14/h1-8,10H,9H2,(H2,18,19). The highest BCUT2D eigenvalue weighted by Crippen LogP contribution is 2.31. The minimum Gasteiger partial charge on any atom is -0.488 e. The number of thiazole rings is 1. The van der Waals surface area contributed by atoms with Crippen molar-refractivity contribution < 1.29 is 4.74 Å². The number of para-hydroxylation sites is 1. The lowest BCUT2D eigenvalue weighted by molar-refractivity contribution is 0.307. The number of hydrogen-bond donors (Lipinski definition) is 1. The van der Waals surface area contributed by atoms with Crippen molar-refractivity contribution in [2.45, 2.75) is 6.61 Å². The highest BCUT2D eigenvalue weighted by molar-refractivity contribution is 7.13. The highest BCUT2D eigenvalue weighted by atomic mass is 35.5. The molecular weight excluding hydrogens is 304 g/mol. The fraction of sp³-hybridized carbons (Fsp3) is 0.0625. The Morgan fingerprint density at radius 2 is 2.00 bits per heavy atom. The van der Waals surface area contributed by atoms with Gasteiger partial charge in [0.15, 0.2) is 5.13 Å². The Bertz CT molecular complexity index is 757. The molecule has 0 unspecified atom stereocenters. The molecule has 0 aliphatic carbocycles. The maximum Gasteiger partial charge on any atom is 0.180 e. The van der Waals surface area contributed by atoms with Gasteiger partial charge in [0.2, 0.25) is 0 Å².